The van der Waals surface area contributed by atoms with Gasteiger partial charge in [-0.1, -0.05) is 19.1 Å². The SMILES string of the molecule is CCC(=O)c1ccc2c(c1)CNC2.Cl. The molecule has 0 atom stereocenters. The maximum atomic E-state index is 11.4. The molecule has 2 rings (SSSR count). The second kappa shape index (κ2) is 4.58. The van der Waals surface area contributed by atoms with Crippen LogP contribution in [-0.2, 0) is 13.1 Å². The summed E-state index contributed by atoms with van der Waals surface area (Å²) in [5.41, 5.74) is 3.46. The number of halogens is 1. The van der Waals surface area contributed by atoms with Gasteiger partial charge in [-0.3, -0.25) is 4.79 Å². The molecule has 0 saturated carbocycles. The average molecular weight is 212 g/mol. The Morgan fingerprint density at radius 3 is 2.79 bits per heavy atom. The Bertz CT molecular complexity index is 349. The maximum absolute atomic E-state index is 11.4. The molecule has 1 N–H and O–H groups in total. The number of carbonyl (C=O) groups is 1. The lowest BCUT2D eigenvalue weighted by Crippen LogP contribution is -2.00. The van der Waals surface area contributed by atoms with Crippen molar-refractivity contribution in [3.63, 3.8) is 0 Å². The monoisotopic (exact) mass is 211 g/mol. The topological polar surface area (TPSA) is 29.1 Å². The summed E-state index contributed by atoms with van der Waals surface area (Å²) in [5, 5.41) is 3.26. The second-order valence-electron chi connectivity index (χ2n) is 3.36. The smallest absolute Gasteiger partial charge is 0.162 e. The quantitative estimate of drug-likeness (QED) is 0.761. The Morgan fingerprint density at radius 1 is 1.36 bits per heavy atom. The van der Waals surface area contributed by atoms with Crippen LogP contribution >= 0.6 is 12.4 Å². The standard InChI is InChI=1S/C11H13NO.ClH/c1-2-11(13)8-3-4-9-6-12-7-10(9)5-8;/h3-5,12H,2,6-7H2,1H3;1H. The number of rotatable bonds is 2. The van der Waals surface area contributed by atoms with E-state index in [0.717, 1.165) is 18.7 Å². The number of Topliss-reactive ketones (excluding diaryl/α,β-unsaturated/α-hetero) is 1. The van der Waals surface area contributed by atoms with Gasteiger partial charge >= 0.3 is 0 Å². The van der Waals surface area contributed by atoms with Gasteiger partial charge in [-0.15, -0.1) is 12.4 Å². The third-order valence-corrected chi connectivity index (χ3v) is 2.48. The van der Waals surface area contributed by atoms with Crippen LogP contribution in [0.5, 0.6) is 0 Å². The summed E-state index contributed by atoms with van der Waals surface area (Å²) in [4.78, 5) is 11.4. The van der Waals surface area contributed by atoms with Crippen molar-refractivity contribution in [2.75, 3.05) is 0 Å². The molecule has 0 bridgehead atoms. The minimum atomic E-state index is 0. The molecule has 0 unspecified atom stereocenters. The van der Waals surface area contributed by atoms with E-state index in [4.69, 9.17) is 0 Å². The van der Waals surface area contributed by atoms with Crippen molar-refractivity contribution in [2.24, 2.45) is 0 Å². The third-order valence-electron chi connectivity index (χ3n) is 2.48. The molecule has 0 saturated heterocycles. The lowest BCUT2D eigenvalue weighted by molar-refractivity contribution is 0.0988. The molecule has 1 heterocycles. The van der Waals surface area contributed by atoms with Crippen LogP contribution in [0.1, 0.15) is 34.8 Å². The highest BCUT2D eigenvalue weighted by Gasteiger charge is 2.11. The van der Waals surface area contributed by atoms with Gasteiger partial charge in [0.2, 0.25) is 0 Å². The molecule has 3 heteroatoms. The minimum Gasteiger partial charge on any atom is -0.309 e. The van der Waals surface area contributed by atoms with Gasteiger partial charge in [0.05, 0.1) is 0 Å². The van der Waals surface area contributed by atoms with E-state index in [0.29, 0.717) is 6.42 Å². The predicted octanol–water partition coefficient (Wildman–Crippen LogP) is 2.30. The zero-order valence-electron chi connectivity index (χ0n) is 8.17. The van der Waals surface area contributed by atoms with Gasteiger partial charge in [0.1, 0.15) is 0 Å². The van der Waals surface area contributed by atoms with Crippen molar-refractivity contribution in [1.82, 2.24) is 5.32 Å². The molecule has 14 heavy (non-hydrogen) atoms. The fraction of sp³-hybridized carbons (Fsp3) is 0.364. The summed E-state index contributed by atoms with van der Waals surface area (Å²) < 4.78 is 0. The molecule has 0 amide bonds. The molecular weight excluding hydrogens is 198 g/mol. The van der Waals surface area contributed by atoms with Gasteiger partial charge in [0, 0.05) is 25.1 Å². The molecule has 1 aromatic rings. The molecule has 0 aromatic heterocycles. The van der Waals surface area contributed by atoms with Gasteiger partial charge < -0.3 is 5.32 Å². The Morgan fingerprint density at radius 2 is 2.07 bits per heavy atom. The van der Waals surface area contributed by atoms with Crippen LogP contribution in [0.15, 0.2) is 18.2 Å². The van der Waals surface area contributed by atoms with Crippen LogP contribution in [0.3, 0.4) is 0 Å². The van der Waals surface area contributed by atoms with Gasteiger partial charge in [-0.25, -0.2) is 0 Å². The van der Waals surface area contributed by atoms with E-state index >= 15 is 0 Å². The molecule has 0 aliphatic carbocycles. The Balaban J connectivity index is 0.000000980. The molecule has 0 fully saturated rings. The van der Waals surface area contributed by atoms with Crippen LogP contribution in [0, 0.1) is 0 Å². The summed E-state index contributed by atoms with van der Waals surface area (Å²) in [5.74, 6) is 0.231. The first-order valence-electron chi connectivity index (χ1n) is 4.67. The lowest BCUT2D eigenvalue weighted by atomic mass is 10.0. The van der Waals surface area contributed by atoms with E-state index in [1.807, 2.05) is 19.1 Å². The van der Waals surface area contributed by atoms with E-state index in [1.165, 1.54) is 11.1 Å². The minimum absolute atomic E-state index is 0. The summed E-state index contributed by atoms with van der Waals surface area (Å²) in [7, 11) is 0. The fourth-order valence-corrected chi connectivity index (χ4v) is 1.67. The Kier molecular flexibility index (Phi) is 3.67. The number of carbonyl (C=O) groups excluding carboxylic acids is 1. The van der Waals surface area contributed by atoms with E-state index < -0.39 is 0 Å². The third kappa shape index (κ3) is 1.97. The lowest BCUT2D eigenvalue weighted by Gasteiger charge is -2.01. The van der Waals surface area contributed by atoms with E-state index in [2.05, 4.69) is 11.4 Å². The van der Waals surface area contributed by atoms with Crippen LogP contribution in [0.25, 0.3) is 0 Å². The number of ketones is 1. The largest absolute Gasteiger partial charge is 0.309 e. The summed E-state index contributed by atoms with van der Waals surface area (Å²) in [6.45, 7) is 3.74. The van der Waals surface area contributed by atoms with Gasteiger partial charge in [-0.2, -0.15) is 0 Å². The zero-order valence-corrected chi connectivity index (χ0v) is 8.99. The molecule has 1 aliphatic heterocycles. The van der Waals surface area contributed by atoms with Crippen molar-refractivity contribution >= 4 is 18.2 Å². The highest BCUT2D eigenvalue weighted by atomic mass is 35.5. The first kappa shape index (κ1) is 11.2. The number of fused-ring (bicyclic) bond motifs is 1. The molecule has 1 aromatic carbocycles. The Hall–Kier alpha value is -0.860. The zero-order chi connectivity index (χ0) is 9.26. The van der Waals surface area contributed by atoms with Crippen LogP contribution in [0.4, 0.5) is 0 Å². The van der Waals surface area contributed by atoms with Gasteiger partial charge in [0.15, 0.2) is 5.78 Å². The number of hydrogen-bond donors (Lipinski definition) is 1. The normalized spacial score (nSPS) is 13.2. The first-order chi connectivity index (χ1) is 6.31. The second-order valence-corrected chi connectivity index (χ2v) is 3.36. The van der Waals surface area contributed by atoms with Gasteiger partial charge in [0.25, 0.3) is 0 Å². The Labute approximate surface area is 90.1 Å². The molecule has 2 nitrogen and oxygen atoms in total. The highest BCUT2D eigenvalue weighted by molar-refractivity contribution is 5.96. The number of nitrogens with one attached hydrogen (secondary N) is 1. The number of benzene rings is 1. The summed E-state index contributed by atoms with van der Waals surface area (Å²) in [6.07, 6.45) is 0.589. The highest BCUT2D eigenvalue weighted by Crippen LogP contribution is 2.17. The van der Waals surface area contributed by atoms with Gasteiger partial charge in [-0.05, 0) is 17.2 Å². The van der Waals surface area contributed by atoms with Crippen molar-refractivity contribution in [3.8, 4) is 0 Å². The molecule has 0 radical (unpaired) electrons. The van der Waals surface area contributed by atoms with Crippen molar-refractivity contribution in [3.05, 3.63) is 34.9 Å². The van der Waals surface area contributed by atoms with E-state index in [1.54, 1.807) is 0 Å². The predicted molar refractivity (Wildman–Crippen MR) is 58.9 cm³/mol. The van der Waals surface area contributed by atoms with Crippen LogP contribution in [0.2, 0.25) is 0 Å². The van der Waals surface area contributed by atoms with Crippen molar-refractivity contribution in [2.45, 2.75) is 26.4 Å². The van der Waals surface area contributed by atoms with Crippen molar-refractivity contribution < 1.29 is 4.79 Å². The maximum Gasteiger partial charge on any atom is 0.162 e. The van der Waals surface area contributed by atoms with E-state index in [9.17, 15) is 4.79 Å². The molecule has 0 spiro atoms. The van der Waals surface area contributed by atoms with Crippen LogP contribution in [-0.4, -0.2) is 5.78 Å². The molecule has 1 aliphatic rings. The molecule has 76 valence electrons. The fourth-order valence-electron chi connectivity index (χ4n) is 1.67. The first-order valence-corrected chi connectivity index (χ1v) is 4.67. The average Bonchev–Trinajstić information content (AvgIpc) is 2.63. The molecular formula is C11H14ClNO. The number of hydrogen-bond acceptors (Lipinski definition) is 2. The van der Waals surface area contributed by atoms with Crippen LogP contribution < -0.4 is 5.32 Å². The summed E-state index contributed by atoms with van der Waals surface area (Å²) in [6, 6.07) is 6.00. The van der Waals surface area contributed by atoms with Crippen molar-refractivity contribution in [1.29, 1.82) is 0 Å². The van der Waals surface area contributed by atoms with E-state index in [-0.39, 0.29) is 18.2 Å². The summed E-state index contributed by atoms with van der Waals surface area (Å²) >= 11 is 0.